The van der Waals surface area contributed by atoms with Gasteiger partial charge >= 0.3 is 0 Å². The van der Waals surface area contributed by atoms with E-state index in [1.807, 2.05) is 0 Å². The minimum Gasteiger partial charge on any atom is -0.381 e. The molecular formula is C11H19IO2. The van der Waals surface area contributed by atoms with E-state index < -0.39 is 0 Å². The molecule has 0 aromatic heterocycles. The molecule has 0 bridgehead atoms. The Morgan fingerprint density at radius 2 is 2.29 bits per heavy atom. The van der Waals surface area contributed by atoms with Crippen molar-refractivity contribution >= 4 is 22.6 Å². The molecule has 2 nitrogen and oxygen atoms in total. The summed E-state index contributed by atoms with van der Waals surface area (Å²) in [7, 11) is 0. The van der Waals surface area contributed by atoms with Gasteiger partial charge in [-0.15, -0.1) is 0 Å². The van der Waals surface area contributed by atoms with E-state index in [-0.39, 0.29) is 5.60 Å². The van der Waals surface area contributed by atoms with E-state index in [1.165, 1.54) is 19.3 Å². The van der Waals surface area contributed by atoms with Gasteiger partial charge in [-0.1, -0.05) is 29.5 Å². The van der Waals surface area contributed by atoms with Gasteiger partial charge in [-0.3, -0.25) is 0 Å². The molecule has 0 aromatic rings. The summed E-state index contributed by atoms with van der Waals surface area (Å²) in [5.74, 6) is 0.571. The molecule has 2 aliphatic rings. The lowest BCUT2D eigenvalue weighted by Gasteiger charge is -2.47. The zero-order chi connectivity index (χ0) is 10.0. The summed E-state index contributed by atoms with van der Waals surface area (Å²) >= 11 is 2.44. The van der Waals surface area contributed by atoms with Gasteiger partial charge in [-0.2, -0.15) is 0 Å². The molecule has 0 N–H and O–H groups in total. The van der Waals surface area contributed by atoms with Gasteiger partial charge in [-0.25, -0.2) is 0 Å². The summed E-state index contributed by atoms with van der Waals surface area (Å²) in [6.45, 7) is 4.04. The zero-order valence-electron chi connectivity index (χ0n) is 8.80. The van der Waals surface area contributed by atoms with Crippen LogP contribution in [-0.2, 0) is 9.47 Å². The number of hydrogen-bond acceptors (Lipinski definition) is 2. The third kappa shape index (κ3) is 2.09. The summed E-state index contributed by atoms with van der Waals surface area (Å²) in [6, 6.07) is 0. The van der Waals surface area contributed by atoms with E-state index >= 15 is 0 Å². The van der Waals surface area contributed by atoms with Gasteiger partial charge in [0, 0.05) is 23.4 Å². The second-order valence-corrected chi connectivity index (χ2v) is 5.46. The smallest absolute Gasteiger partial charge is 0.0755 e. The van der Waals surface area contributed by atoms with Gasteiger partial charge in [-0.05, 0) is 19.3 Å². The molecule has 0 radical (unpaired) electrons. The number of hydrogen-bond donors (Lipinski definition) is 0. The van der Waals surface area contributed by atoms with Gasteiger partial charge in [0.05, 0.1) is 18.3 Å². The summed E-state index contributed by atoms with van der Waals surface area (Å²) in [5.41, 5.74) is 0.159. The third-order valence-electron chi connectivity index (χ3n) is 3.64. The lowest BCUT2D eigenvalue weighted by molar-refractivity contribution is -0.190. The molecule has 3 atom stereocenters. The molecule has 2 fully saturated rings. The summed E-state index contributed by atoms with van der Waals surface area (Å²) < 4.78 is 12.9. The first-order valence-corrected chi connectivity index (χ1v) is 7.11. The van der Waals surface area contributed by atoms with Crippen molar-refractivity contribution in [3.63, 3.8) is 0 Å². The Labute approximate surface area is 99.9 Å². The average molecular weight is 310 g/mol. The van der Waals surface area contributed by atoms with Crippen LogP contribution in [0.4, 0.5) is 0 Å². The average Bonchev–Trinajstić information content (AvgIpc) is 2.23. The second-order valence-electron chi connectivity index (χ2n) is 4.58. The highest BCUT2D eigenvalue weighted by molar-refractivity contribution is 14.1. The molecule has 3 unspecified atom stereocenters. The molecule has 2 aliphatic heterocycles. The molecule has 0 aliphatic carbocycles. The van der Waals surface area contributed by atoms with Gasteiger partial charge in [0.15, 0.2) is 0 Å². The van der Waals surface area contributed by atoms with Crippen molar-refractivity contribution in [2.45, 2.75) is 44.3 Å². The maximum absolute atomic E-state index is 6.29. The predicted octanol–water partition coefficient (Wildman–Crippen LogP) is 2.79. The maximum Gasteiger partial charge on any atom is 0.0755 e. The summed E-state index contributed by atoms with van der Waals surface area (Å²) in [4.78, 5) is 0. The van der Waals surface area contributed by atoms with Gasteiger partial charge in [0.1, 0.15) is 0 Å². The van der Waals surface area contributed by atoms with Crippen LogP contribution in [0.5, 0.6) is 0 Å². The number of alkyl halides is 1. The highest BCUT2D eigenvalue weighted by Crippen LogP contribution is 2.40. The Morgan fingerprint density at radius 1 is 1.43 bits per heavy atom. The van der Waals surface area contributed by atoms with Crippen LogP contribution in [0, 0.1) is 5.92 Å². The third-order valence-corrected chi connectivity index (χ3v) is 4.62. The minimum atomic E-state index is 0.159. The van der Waals surface area contributed by atoms with E-state index in [2.05, 4.69) is 29.5 Å². The topological polar surface area (TPSA) is 18.5 Å². The fourth-order valence-electron chi connectivity index (χ4n) is 2.64. The monoisotopic (exact) mass is 310 g/mol. The first kappa shape index (κ1) is 11.1. The van der Waals surface area contributed by atoms with Gasteiger partial charge in [0.25, 0.3) is 0 Å². The lowest BCUT2D eigenvalue weighted by atomic mass is 9.78. The van der Waals surface area contributed by atoms with Crippen LogP contribution >= 0.6 is 22.6 Å². The lowest BCUT2D eigenvalue weighted by Crippen LogP contribution is -2.51. The molecule has 2 saturated heterocycles. The van der Waals surface area contributed by atoms with Crippen molar-refractivity contribution in [1.29, 1.82) is 0 Å². The van der Waals surface area contributed by atoms with E-state index in [9.17, 15) is 0 Å². The molecule has 14 heavy (non-hydrogen) atoms. The molecule has 0 amide bonds. The molecule has 0 saturated carbocycles. The predicted molar refractivity (Wildman–Crippen MR) is 64.9 cm³/mol. The number of rotatable bonds is 1. The second kappa shape index (κ2) is 4.66. The fraction of sp³-hybridized carbons (Fsp3) is 1.00. The van der Waals surface area contributed by atoms with Crippen molar-refractivity contribution < 1.29 is 9.47 Å². The molecule has 1 spiro atoms. The number of ether oxygens (including phenoxy) is 2. The minimum absolute atomic E-state index is 0.159. The Bertz CT molecular complexity index is 194. The van der Waals surface area contributed by atoms with Crippen molar-refractivity contribution in [2.24, 2.45) is 5.92 Å². The largest absolute Gasteiger partial charge is 0.381 e. The van der Waals surface area contributed by atoms with E-state index in [0.717, 1.165) is 24.1 Å². The Morgan fingerprint density at radius 3 is 3.00 bits per heavy atom. The van der Waals surface area contributed by atoms with Crippen LogP contribution in [0.25, 0.3) is 0 Å². The van der Waals surface area contributed by atoms with Crippen LogP contribution in [-0.4, -0.2) is 29.3 Å². The fourth-order valence-corrected chi connectivity index (χ4v) is 3.26. The molecule has 2 heterocycles. The normalized spacial score (nSPS) is 44.1. The van der Waals surface area contributed by atoms with Crippen LogP contribution < -0.4 is 0 Å². The molecule has 0 aromatic carbocycles. The standard InChI is InChI=1S/C11H19IO2/c1-9-8-13-6-5-11(9)4-2-3-10(7-12)14-11/h9-10H,2-8H2,1H3. The van der Waals surface area contributed by atoms with E-state index in [0.29, 0.717) is 12.0 Å². The van der Waals surface area contributed by atoms with Crippen molar-refractivity contribution in [3.05, 3.63) is 0 Å². The highest BCUT2D eigenvalue weighted by atomic mass is 127. The zero-order valence-corrected chi connectivity index (χ0v) is 11.0. The SMILES string of the molecule is CC1COCCC12CCCC(CI)O2. The van der Waals surface area contributed by atoms with Gasteiger partial charge < -0.3 is 9.47 Å². The first-order valence-electron chi connectivity index (χ1n) is 5.58. The van der Waals surface area contributed by atoms with Crippen LogP contribution in [0.3, 0.4) is 0 Å². The molecule has 3 heteroatoms. The summed E-state index contributed by atoms with van der Waals surface area (Å²) in [5, 5.41) is 0. The van der Waals surface area contributed by atoms with E-state index in [1.54, 1.807) is 0 Å². The molecular weight excluding hydrogens is 291 g/mol. The Hall–Kier alpha value is 0.650. The summed E-state index contributed by atoms with van der Waals surface area (Å²) in [6.07, 6.45) is 5.41. The van der Waals surface area contributed by atoms with Crippen LogP contribution in [0.2, 0.25) is 0 Å². The Balaban J connectivity index is 2.04. The maximum atomic E-state index is 6.29. The van der Waals surface area contributed by atoms with Crippen molar-refractivity contribution in [1.82, 2.24) is 0 Å². The molecule has 2 rings (SSSR count). The van der Waals surface area contributed by atoms with E-state index in [4.69, 9.17) is 9.47 Å². The highest BCUT2D eigenvalue weighted by Gasteiger charge is 2.43. The van der Waals surface area contributed by atoms with Crippen molar-refractivity contribution in [2.75, 3.05) is 17.6 Å². The van der Waals surface area contributed by atoms with Crippen molar-refractivity contribution in [3.8, 4) is 0 Å². The van der Waals surface area contributed by atoms with Crippen LogP contribution in [0.1, 0.15) is 32.6 Å². The first-order chi connectivity index (χ1) is 6.77. The number of halogens is 1. The van der Waals surface area contributed by atoms with Crippen LogP contribution in [0.15, 0.2) is 0 Å². The van der Waals surface area contributed by atoms with Gasteiger partial charge in [0.2, 0.25) is 0 Å². The molecule has 82 valence electrons. The quantitative estimate of drug-likeness (QED) is 0.548. The Kier molecular flexibility index (Phi) is 3.71.